The summed E-state index contributed by atoms with van der Waals surface area (Å²) in [7, 11) is 0. The van der Waals surface area contributed by atoms with Gasteiger partial charge in [-0.2, -0.15) is 5.26 Å². The fourth-order valence-electron chi connectivity index (χ4n) is 2.92. The van der Waals surface area contributed by atoms with Gasteiger partial charge in [0.1, 0.15) is 6.07 Å². The lowest BCUT2D eigenvalue weighted by molar-refractivity contribution is -0.124. The third-order valence-electron chi connectivity index (χ3n) is 4.25. The van der Waals surface area contributed by atoms with Crippen molar-refractivity contribution in [2.75, 3.05) is 31.2 Å². The van der Waals surface area contributed by atoms with Gasteiger partial charge in [-0.1, -0.05) is 6.07 Å². The molecule has 2 heterocycles. The first-order valence-corrected chi connectivity index (χ1v) is 6.56. The molecule has 2 aliphatic heterocycles. The summed E-state index contributed by atoms with van der Waals surface area (Å²) in [6.07, 6.45) is 2.37. The molecule has 0 bridgehead atoms. The number of aryl methyl sites for hydroxylation is 1. The first-order chi connectivity index (χ1) is 8.72. The maximum absolute atomic E-state index is 9.24. The molecular formula is C15H18N2O. The summed E-state index contributed by atoms with van der Waals surface area (Å²) >= 11 is 0. The van der Waals surface area contributed by atoms with Crippen LogP contribution in [0.25, 0.3) is 0 Å². The predicted molar refractivity (Wildman–Crippen MR) is 70.6 cm³/mol. The first-order valence-electron chi connectivity index (χ1n) is 6.56. The molecule has 1 aromatic carbocycles. The number of ether oxygens (including phenoxy) is 1. The minimum Gasteiger partial charge on any atom is -0.380 e. The van der Waals surface area contributed by atoms with Gasteiger partial charge in [-0.15, -0.1) is 0 Å². The average Bonchev–Trinajstić information content (AvgIpc) is 2.37. The summed E-state index contributed by atoms with van der Waals surface area (Å²) in [5.41, 5.74) is 3.50. The van der Waals surface area contributed by atoms with Crippen molar-refractivity contribution in [1.29, 1.82) is 5.26 Å². The molecule has 2 saturated heterocycles. The van der Waals surface area contributed by atoms with Crippen LogP contribution in [0.3, 0.4) is 0 Å². The van der Waals surface area contributed by atoms with Crippen LogP contribution in [0.5, 0.6) is 0 Å². The van der Waals surface area contributed by atoms with Crippen LogP contribution < -0.4 is 4.90 Å². The molecule has 3 rings (SSSR count). The average molecular weight is 242 g/mol. The van der Waals surface area contributed by atoms with Crippen LogP contribution in [0.2, 0.25) is 0 Å². The van der Waals surface area contributed by atoms with Gasteiger partial charge in [0, 0.05) is 18.5 Å². The van der Waals surface area contributed by atoms with Gasteiger partial charge in [-0.3, -0.25) is 0 Å². The maximum Gasteiger partial charge on any atom is 0.101 e. The Morgan fingerprint density at radius 3 is 2.56 bits per heavy atom. The smallest absolute Gasteiger partial charge is 0.101 e. The summed E-state index contributed by atoms with van der Waals surface area (Å²) in [6.45, 7) is 5.98. The van der Waals surface area contributed by atoms with Gasteiger partial charge >= 0.3 is 0 Å². The highest BCUT2D eigenvalue weighted by atomic mass is 16.5. The Bertz CT molecular complexity index is 490. The fourth-order valence-corrected chi connectivity index (χ4v) is 2.92. The van der Waals surface area contributed by atoms with Crippen molar-refractivity contribution in [3.05, 3.63) is 29.3 Å². The molecule has 0 aromatic heterocycles. The highest BCUT2D eigenvalue weighted by Crippen LogP contribution is 2.39. The van der Waals surface area contributed by atoms with E-state index >= 15 is 0 Å². The molecule has 3 heteroatoms. The topological polar surface area (TPSA) is 36.3 Å². The SMILES string of the molecule is Cc1ccc(N2CCC3(CC2)COC3)c(C#N)c1. The van der Waals surface area contributed by atoms with Crippen molar-refractivity contribution in [2.24, 2.45) is 5.41 Å². The molecule has 94 valence electrons. The molecule has 0 saturated carbocycles. The lowest BCUT2D eigenvalue weighted by atomic mass is 9.76. The Balaban J connectivity index is 1.78. The number of anilines is 1. The van der Waals surface area contributed by atoms with Crippen LogP contribution in [0.4, 0.5) is 5.69 Å². The molecule has 0 N–H and O–H groups in total. The molecule has 0 atom stereocenters. The van der Waals surface area contributed by atoms with Crippen LogP contribution >= 0.6 is 0 Å². The van der Waals surface area contributed by atoms with Gasteiger partial charge in [-0.25, -0.2) is 0 Å². The van der Waals surface area contributed by atoms with E-state index in [0.29, 0.717) is 5.41 Å². The van der Waals surface area contributed by atoms with Crippen molar-refractivity contribution < 1.29 is 4.74 Å². The zero-order chi connectivity index (χ0) is 12.6. The molecule has 2 aliphatic rings. The summed E-state index contributed by atoms with van der Waals surface area (Å²) in [5.74, 6) is 0. The van der Waals surface area contributed by atoms with Crippen LogP contribution in [-0.4, -0.2) is 26.3 Å². The van der Waals surface area contributed by atoms with E-state index in [9.17, 15) is 5.26 Å². The highest BCUT2D eigenvalue weighted by Gasteiger charge is 2.41. The number of nitrogens with zero attached hydrogens (tertiary/aromatic N) is 2. The van der Waals surface area contributed by atoms with Gasteiger partial charge in [-0.05, 0) is 37.5 Å². The van der Waals surface area contributed by atoms with Gasteiger partial charge < -0.3 is 9.64 Å². The molecule has 2 fully saturated rings. The van der Waals surface area contributed by atoms with E-state index in [1.54, 1.807) is 0 Å². The van der Waals surface area contributed by atoms with E-state index in [4.69, 9.17) is 4.74 Å². The molecule has 0 unspecified atom stereocenters. The minimum atomic E-state index is 0.452. The van der Waals surface area contributed by atoms with Crippen LogP contribution in [0, 0.1) is 23.7 Å². The van der Waals surface area contributed by atoms with E-state index < -0.39 is 0 Å². The van der Waals surface area contributed by atoms with Crippen LogP contribution in [0.15, 0.2) is 18.2 Å². The number of hydrogen-bond donors (Lipinski definition) is 0. The Hall–Kier alpha value is -1.53. The number of benzene rings is 1. The Kier molecular flexibility index (Phi) is 2.76. The Morgan fingerprint density at radius 1 is 1.28 bits per heavy atom. The standard InChI is InChI=1S/C15H18N2O/c1-12-2-3-14(13(8-12)9-16)17-6-4-15(5-7-17)10-18-11-15/h2-3,8H,4-7,10-11H2,1H3. The third kappa shape index (κ3) is 1.87. The molecule has 1 aromatic rings. The van der Waals surface area contributed by atoms with Crippen molar-refractivity contribution >= 4 is 5.69 Å². The molecule has 1 spiro atoms. The molecule has 0 radical (unpaired) electrons. The van der Waals surface area contributed by atoms with E-state index in [1.165, 1.54) is 12.8 Å². The van der Waals surface area contributed by atoms with Crippen molar-refractivity contribution in [1.82, 2.24) is 0 Å². The van der Waals surface area contributed by atoms with E-state index in [1.807, 2.05) is 13.0 Å². The Labute approximate surface area is 108 Å². The normalized spacial score (nSPS) is 21.4. The minimum absolute atomic E-state index is 0.452. The van der Waals surface area contributed by atoms with E-state index in [-0.39, 0.29) is 0 Å². The number of piperidine rings is 1. The quantitative estimate of drug-likeness (QED) is 0.759. The fraction of sp³-hybridized carbons (Fsp3) is 0.533. The number of rotatable bonds is 1. The summed E-state index contributed by atoms with van der Waals surface area (Å²) < 4.78 is 5.35. The second-order valence-corrected chi connectivity index (χ2v) is 5.61. The first kappa shape index (κ1) is 11.6. The lowest BCUT2D eigenvalue weighted by Gasteiger charge is -2.48. The molecule has 0 amide bonds. The van der Waals surface area contributed by atoms with E-state index in [2.05, 4.69) is 23.1 Å². The summed E-state index contributed by atoms with van der Waals surface area (Å²) in [6, 6.07) is 8.47. The zero-order valence-electron chi connectivity index (χ0n) is 10.8. The van der Waals surface area contributed by atoms with Gasteiger partial charge in [0.2, 0.25) is 0 Å². The number of nitriles is 1. The summed E-state index contributed by atoms with van der Waals surface area (Å²) in [5, 5.41) is 9.24. The van der Waals surface area contributed by atoms with Crippen LogP contribution in [-0.2, 0) is 4.74 Å². The predicted octanol–water partition coefficient (Wildman–Crippen LogP) is 2.48. The molecular weight excluding hydrogens is 224 g/mol. The molecule has 18 heavy (non-hydrogen) atoms. The molecule has 0 aliphatic carbocycles. The molecule has 3 nitrogen and oxygen atoms in total. The van der Waals surface area contributed by atoms with Gasteiger partial charge in [0.05, 0.1) is 24.5 Å². The monoisotopic (exact) mass is 242 g/mol. The van der Waals surface area contributed by atoms with Crippen LogP contribution in [0.1, 0.15) is 24.0 Å². The van der Waals surface area contributed by atoms with Crippen molar-refractivity contribution in [3.63, 3.8) is 0 Å². The van der Waals surface area contributed by atoms with Crippen molar-refractivity contribution in [3.8, 4) is 6.07 Å². The number of hydrogen-bond acceptors (Lipinski definition) is 3. The van der Waals surface area contributed by atoms with E-state index in [0.717, 1.165) is 43.1 Å². The zero-order valence-corrected chi connectivity index (χ0v) is 10.8. The summed E-state index contributed by atoms with van der Waals surface area (Å²) in [4.78, 5) is 2.35. The third-order valence-corrected chi connectivity index (χ3v) is 4.25. The van der Waals surface area contributed by atoms with Crippen molar-refractivity contribution in [2.45, 2.75) is 19.8 Å². The van der Waals surface area contributed by atoms with Gasteiger partial charge in [0.15, 0.2) is 0 Å². The Morgan fingerprint density at radius 2 is 2.00 bits per heavy atom. The lowest BCUT2D eigenvalue weighted by Crippen LogP contribution is -2.51. The second-order valence-electron chi connectivity index (χ2n) is 5.61. The van der Waals surface area contributed by atoms with Gasteiger partial charge in [0.25, 0.3) is 0 Å². The second kappa shape index (κ2) is 4.29. The maximum atomic E-state index is 9.24. The highest BCUT2D eigenvalue weighted by molar-refractivity contribution is 5.60. The largest absolute Gasteiger partial charge is 0.380 e.